The SMILES string of the molecule is C[C@H](NC(=O)COC(=O)c1cccnc1)c1ccc(Cl)c(Cl)c1. The molecule has 1 aromatic heterocycles. The number of carbonyl (C=O) groups excluding carboxylic acids is 2. The van der Waals surface area contributed by atoms with Crippen LogP contribution in [0.15, 0.2) is 42.7 Å². The minimum atomic E-state index is -0.601. The minimum absolute atomic E-state index is 0.290. The number of benzene rings is 1. The highest BCUT2D eigenvalue weighted by Gasteiger charge is 2.14. The molecule has 0 aliphatic rings. The number of aromatic nitrogens is 1. The molecule has 120 valence electrons. The Bertz CT molecular complexity index is 708. The summed E-state index contributed by atoms with van der Waals surface area (Å²) in [6.45, 7) is 1.42. The summed E-state index contributed by atoms with van der Waals surface area (Å²) >= 11 is 11.8. The molecule has 1 aromatic carbocycles. The predicted octanol–water partition coefficient (Wildman–Crippen LogP) is 3.42. The lowest BCUT2D eigenvalue weighted by Crippen LogP contribution is -2.31. The Morgan fingerprint density at radius 2 is 2.04 bits per heavy atom. The molecule has 1 amide bonds. The van der Waals surface area contributed by atoms with Gasteiger partial charge in [0.05, 0.1) is 21.7 Å². The molecule has 1 heterocycles. The topological polar surface area (TPSA) is 68.3 Å². The van der Waals surface area contributed by atoms with Crippen LogP contribution in [0.1, 0.15) is 28.9 Å². The van der Waals surface area contributed by atoms with Gasteiger partial charge < -0.3 is 10.1 Å². The van der Waals surface area contributed by atoms with E-state index in [-0.39, 0.29) is 18.2 Å². The number of carbonyl (C=O) groups is 2. The van der Waals surface area contributed by atoms with Crippen LogP contribution in [0, 0.1) is 0 Å². The highest BCUT2D eigenvalue weighted by atomic mass is 35.5. The Kier molecular flexibility index (Phi) is 5.96. The van der Waals surface area contributed by atoms with E-state index in [0.29, 0.717) is 10.0 Å². The first-order valence-corrected chi connectivity index (χ1v) is 7.54. The number of esters is 1. The lowest BCUT2D eigenvalue weighted by molar-refractivity contribution is -0.124. The van der Waals surface area contributed by atoms with Crippen LogP contribution in [0.5, 0.6) is 0 Å². The van der Waals surface area contributed by atoms with Crippen molar-refractivity contribution in [3.05, 3.63) is 63.9 Å². The molecule has 0 radical (unpaired) electrons. The van der Waals surface area contributed by atoms with E-state index in [0.717, 1.165) is 5.56 Å². The second-order valence-corrected chi connectivity index (χ2v) is 5.59. The minimum Gasteiger partial charge on any atom is -0.452 e. The van der Waals surface area contributed by atoms with Crippen molar-refractivity contribution in [3.63, 3.8) is 0 Å². The smallest absolute Gasteiger partial charge is 0.340 e. The van der Waals surface area contributed by atoms with Crippen molar-refractivity contribution >= 4 is 35.1 Å². The van der Waals surface area contributed by atoms with Gasteiger partial charge in [-0.3, -0.25) is 9.78 Å². The quantitative estimate of drug-likeness (QED) is 0.837. The molecule has 2 aromatic rings. The van der Waals surface area contributed by atoms with Crippen LogP contribution in [0.25, 0.3) is 0 Å². The fourth-order valence-electron chi connectivity index (χ4n) is 1.85. The van der Waals surface area contributed by atoms with Gasteiger partial charge in [0.15, 0.2) is 6.61 Å². The van der Waals surface area contributed by atoms with Gasteiger partial charge >= 0.3 is 5.97 Å². The number of hydrogen-bond acceptors (Lipinski definition) is 4. The van der Waals surface area contributed by atoms with Gasteiger partial charge in [-0.05, 0) is 36.8 Å². The lowest BCUT2D eigenvalue weighted by atomic mass is 10.1. The maximum Gasteiger partial charge on any atom is 0.340 e. The highest BCUT2D eigenvalue weighted by molar-refractivity contribution is 6.42. The van der Waals surface area contributed by atoms with Gasteiger partial charge in [-0.25, -0.2) is 4.79 Å². The van der Waals surface area contributed by atoms with E-state index in [1.54, 1.807) is 43.5 Å². The summed E-state index contributed by atoms with van der Waals surface area (Å²) in [7, 11) is 0. The summed E-state index contributed by atoms with van der Waals surface area (Å²) in [5.74, 6) is -1.02. The molecular weight excluding hydrogens is 339 g/mol. The first-order valence-electron chi connectivity index (χ1n) is 6.79. The largest absolute Gasteiger partial charge is 0.452 e. The maximum atomic E-state index is 11.9. The molecule has 1 atom stereocenters. The number of pyridine rings is 1. The lowest BCUT2D eigenvalue weighted by Gasteiger charge is -2.15. The third-order valence-electron chi connectivity index (χ3n) is 3.05. The van der Waals surface area contributed by atoms with Crippen molar-refractivity contribution in [3.8, 4) is 0 Å². The van der Waals surface area contributed by atoms with Crippen molar-refractivity contribution in [2.75, 3.05) is 6.61 Å². The molecule has 23 heavy (non-hydrogen) atoms. The monoisotopic (exact) mass is 352 g/mol. The van der Waals surface area contributed by atoms with Crippen molar-refractivity contribution in [2.24, 2.45) is 0 Å². The summed E-state index contributed by atoms with van der Waals surface area (Å²) in [6, 6.07) is 7.98. The van der Waals surface area contributed by atoms with E-state index in [2.05, 4.69) is 10.3 Å². The Labute approximate surface area is 143 Å². The molecule has 0 saturated heterocycles. The fourth-order valence-corrected chi connectivity index (χ4v) is 2.15. The second-order valence-electron chi connectivity index (χ2n) is 4.78. The zero-order valence-corrected chi connectivity index (χ0v) is 13.8. The van der Waals surface area contributed by atoms with Crippen LogP contribution in [0.4, 0.5) is 0 Å². The molecule has 0 spiro atoms. The second kappa shape index (κ2) is 7.94. The van der Waals surface area contributed by atoms with Gasteiger partial charge in [0.2, 0.25) is 0 Å². The van der Waals surface area contributed by atoms with Gasteiger partial charge in [0, 0.05) is 12.4 Å². The zero-order chi connectivity index (χ0) is 16.8. The molecule has 0 saturated carbocycles. The predicted molar refractivity (Wildman–Crippen MR) is 87.5 cm³/mol. The molecule has 0 aliphatic heterocycles. The van der Waals surface area contributed by atoms with Gasteiger partial charge in [-0.1, -0.05) is 29.3 Å². The molecule has 0 unspecified atom stereocenters. The number of nitrogens with zero attached hydrogens (tertiary/aromatic N) is 1. The summed E-state index contributed by atoms with van der Waals surface area (Å²) in [4.78, 5) is 27.4. The molecule has 1 N–H and O–H groups in total. The van der Waals surface area contributed by atoms with E-state index in [4.69, 9.17) is 27.9 Å². The Morgan fingerprint density at radius 3 is 2.70 bits per heavy atom. The van der Waals surface area contributed by atoms with Gasteiger partial charge in [-0.15, -0.1) is 0 Å². The van der Waals surface area contributed by atoms with Crippen molar-refractivity contribution in [1.82, 2.24) is 10.3 Å². The first-order chi connectivity index (χ1) is 11.0. The van der Waals surface area contributed by atoms with Gasteiger partial charge in [0.1, 0.15) is 0 Å². The maximum absolute atomic E-state index is 11.9. The number of nitrogens with one attached hydrogen (secondary N) is 1. The summed E-state index contributed by atoms with van der Waals surface area (Å²) < 4.78 is 4.93. The van der Waals surface area contributed by atoms with E-state index in [9.17, 15) is 9.59 Å². The van der Waals surface area contributed by atoms with Crippen LogP contribution >= 0.6 is 23.2 Å². The Balaban J connectivity index is 1.87. The van der Waals surface area contributed by atoms with E-state index < -0.39 is 11.9 Å². The van der Waals surface area contributed by atoms with Crippen molar-refractivity contribution in [2.45, 2.75) is 13.0 Å². The molecule has 7 heteroatoms. The Hall–Kier alpha value is -2.11. The number of halogens is 2. The third-order valence-corrected chi connectivity index (χ3v) is 3.79. The third kappa shape index (κ3) is 4.94. The van der Waals surface area contributed by atoms with E-state index in [1.807, 2.05) is 0 Å². The number of amides is 1. The molecule has 0 bridgehead atoms. The summed E-state index contributed by atoms with van der Waals surface area (Å²) in [6.07, 6.45) is 2.92. The van der Waals surface area contributed by atoms with Crippen LogP contribution in [0.2, 0.25) is 10.0 Å². The molecular formula is C16H14Cl2N2O3. The molecule has 0 aliphatic carbocycles. The number of hydrogen-bond donors (Lipinski definition) is 1. The zero-order valence-electron chi connectivity index (χ0n) is 12.3. The average Bonchev–Trinajstić information content (AvgIpc) is 2.55. The number of rotatable bonds is 5. The number of ether oxygens (including phenoxy) is 1. The summed E-state index contributed by atoms with van der Waals surface area (Å²) in [5.41, 5.74) is 1.09. The molecule has 5 nitrogen and oxygen atoms in total. The highest BCUT2D eigenvalue weighted by Crippen LogP contribution is 2.25. The molecule has 0 fully saturated rings. The Morgan fingerprint density at radius 1 is 1.26 bits per heavy atom. The average molecular weight is 353 g/mol. The first kappa shape index (κ1) is 17.2. The fraction of sp³-hybridized carbons (Fsp3) is 0.188. The van der Waals surface area contributed by atoms with Crippen LogP contribution in [-0.2, 0) is 9.53 Å². The van der Waals surface area contributed by atoms with E-state index in [1.165, 1.54) is 6.20 Å². The van der Waals surface area contributed by atoms with Crippen LogP contribution in [-0.4, -0.2) is 23.5 Å². The standard InChI is InChI=1S/C16H14Cl2N2O3/c1-10(11-4-5-13(17)14(18)7-11)20-15(21)9-23-16(22)12-3-2-6-19-8-12/h2-8,10H,9H2,1H3,(H,20,21)/t10-/m0/s1. The van der Waals surface area contributed by atoms with E-state index >= 15 is 0 Å². The van der Waals surface area contributed by atoms with Gasteiger partial charge in [-0.2, -0.15) is 0 Å². The van der Waals surface area contributed by atoms with Crippen LogP contribution < -0.4 is 5.32 Å². The van der Waals surface area contributed by atoms with Gasteiger partial charge in [0.25, 0.3) is 5.91 Å². The van der Waals surface area contributed by atoms with Crippen molar-refractivity contribution < 1.29 is 14.3 Å². The van der Waals surface area contributed by atoms with Crippen molar-refractivity contribution in [1.29, 1.82) is 0 Å². The molecule has 2 rings (SSSR count). The normalized spacial score (nSPS) is 11.6. The summed E-state index contributed by atoms with van der Waals surface area (Å²) in [5, 5.41) is 3.57. The van der Waals surface area contributed by atoms with Crippen LogP contribution in [0.3, 0.4) is 0 Å².